The standard InChI is InChI=1S/C21H27NO2/c1-14(2)18-12-7-15(3)13-19(18)24-20(23)22-17-10-8-16(9-11-17)21(4,5)6/h7-14H,1-6H3,(H,22,23). The van der Waals surface area contributed by atoms with Crippen LogP contribution in [-0.4, -0.2) is 6.09 Å². The van der Waals surface area contributed by atoms with Crippen molar-refractivity contribution >= 4 is 11.8 Å². The van der Waals surface area contributed by atoms with E-state index in [0.29, 0.717) is 11.7 Å². The smallest absolute Gasteiger partial charge is 0.410 e. The highest BCUT2D eigenvalue weighted by Gasteiger charge is 2.15. The van der Waals surface area contributed by atoms with Crippen molar-refractivity contribution in [1.29, 1.82) is 0 Å². The fraction of sp³-hybridized carbons (Fsp3) is 0.381. The van der Waals surface area contributed by atoms with Gasteiger partial charge in [-0.2, -0.15) is 0 Å². The molecular weight excluding hydrogens is 298 g/mol. The first-order valence-electron chi connectivity index (χ1n) is 8.37. The lowest BCUT2D eigenvalue weighted by Crippen LogP contribution is -2.18. The molecule has 0 radical (unpaired) electrons. The molecule has 0 bridgehead atoms. The van der Waals surface area contributed by atoms with Gasteiger partial charge >= 0.3 is 6.09 Å². The van der Waals surface area contributed by atoms with Crippen molar-refractivity contribution in [1.82, 2.24) is 0 Å². The lowest BCUT2D eigenvalue weighted by atomic mass is 9.87. The Kier molecular flexibility index (Phi) is 5.33. The summed E-state index contributed by atoms with van der Waals surface area (Å²) in [5, 5.41) is 2.79. The number of hydrogen-bond donors (Lipinski definition) is 1. The second-order valence-corrected chi connectivity index (χ2v) is 7.54. The maximum Gasteiger partial charge on any atom is 0.417 e. The molecule has 128 valence electrons. The molecule has 1 N–H and O–H groups in total. The molecule has 3 heteroatoms. The van der Waals surface area contributed by atoms with Crippen LogP contribution in [0.25, 0.3) is 0 Å². The summed E-state index contributed by atoms with van der Waals surface area (Å²) < 4.78 is 5.54. The Hall–Kier alpha value is -2.29. The highest BCUT2D eigenvalue weighted by molar-refractivity contribution is 5.86. The van der Waals surface area contributed by atoms with Gasteiger partial charge in [0.1, 0.15) is 5.75 Å². The molecule has 2 aromatic carbocycles. The highest BCUT2D eigenvalue weighted by Crippen LogP contribution is 2.28. The van der Waals surface area contributed by atoms with Gasteiger partial charge in [-0.1, -0.05) is 58.9 Å². The average Bonchev–Trinajstić information content (AvgIpc) is 2.46. The number of aryl methyl sites for hydroxylation is 1. The largest absolute Gasteiger partial charge is 0.417 e. The van der Waals surface area contributed by atoms with E-state index in [1.54, 1.807) is 0 Å². The molecule has 0 heterocycles. The number of rotatable bonds is 3. The van der Waals surface area contributed by atoms with Crippen molar-refractivity contribution in [2.24, 2.45) is 0 Å². The molecule has 0 saturated heterocycles. The molecule has 0 saturated carbocycles. The Morgan fingerprint density at radius 1 is 1.04 bits per heavy atom. The molecule has 1 amide bonds. The van der Waals surface area contributed by atoms with Crippen molar-refractivity contribution in [3.8, 4) is 5.75 Å². The van der Waals surface area contributed by atoms with Gasteiger partial charge in [-0.3, -0.25) is 5.32 Å². The van der Waals surface area contributed by atoms with Crippen LogP contribution in [0.4, 0.5) is 10.5 Å². The second kappa shape index (κ2) is 7.08. The molecule has 3 nitrogen and oxygen atoms in total. The van der Waals surface area contributed by atoms with Gasteiger partial charge in [-0.05, 0) is 53.1 Å². The molecule has 0 atom stereocenters. The van der Waals surface area contributed by atoms with Crippen LogP contribution in [0.1, 0.15) is 57.2 Å². The quantitative estimate of drug-likeness (QED) is 0.748. The average molecular weight is 325 g/mol. The van der Waals surface area contributed by atoms with Crippen LogP contribution in [0, 0.1) is 6.92 Å². The first-order chi connectivity index (χ1) is 11.2. The second-order valence-electron chi connectivity index (χ2n) is 7.54. The summed E-state index contributed by atoms with van der Waals surface area (Å²) in [4.78, 5) is 12.2. The minimum absolute atomic E-state index is 0.0900. The van der Waals surface area contributed by atoms with E-state index < -0.39 is 6.09 Å². The van der Waals surface area contributed by atoms with E-state index in [9.17, 15) is 4.79 Å². The van der Waals surface area contributed by atoms with Crippen molar-refractivity contribution in [3.05, 3.63) is 59.2 Å². The summed E-state index contributed by atoms with van der Waals surface area (Å²) in [5.74, 6) is 0.910. The zero-order valence-corrected chi connectivity index (χ0v) is 15.4. The van der Waals surface area contributed by atoms with Gasteiger partial charge in [-0.25, -0.2) is 4.79 Å². The van der Waals surface area contributed by atoms with E-state index in [0.717, 1.165) is 16.8 Å². The summed E-state index contributed by atoms with van der Waals surface area (Å²) >= 11 is 0. The molecule has 0 spiro atoms. The molecule has 0 aliphatic carbocycles. The van der Waals surface area contributed by atoms with Gasteiger partial charge in [-0.15, -0.1) is 0 Å². The van der Waals surface area contributed by atoms with Crippen LogP contribution < -0.4 is 10.1 Å². The number of benzene rings is 2. The van der Waals surface area contributed by atoms with Gasteiger partial charge in [0.15, 0.2) is 0 Å². The zero-order chi connectivity index (χ0) is 17.9. The maximum atomic E-state index is 12.2. The normalized spacial score (nSPS) is 11.5. The van der Waals surface area contributed by atoms with Crippen LogP contribution in [0.2, 0.25) is 0 Å². The first-order valence-corrected chi connectivity index (χ1v) is 8.37. The fourth-order valence-corrected chi connectivity index (χ4v) is 2.50. The summed E-state index contributed by atoms with van der Waals surface area (Å²) in [5.41, 5.74) is 4.14. The SMILES string of the molecule is Cc1ccc(C(C)C)c(OC(=O)Nc2ccc(C(C)(C)C)cc2)c1. The van der Waals surface area contributed by atoms with Crippen LogP contribution in [0.3, 0.4) is 0 Å². The predicted octanol–water partition coefficient (Wildman–Crippen LogP) is 6.03. The fourth-order valence-electron chi connectivity index (χ4n) is 2.50. The first kappa shape index (κ1) is 18.1. The Balaban J connectivity index is 2.10. The maximum absolute atomic E-state index is 12.2. The van der Waals surface area contributed by atoms with Gasteiger partial charge < -0.3 is 4.74 Å². The monoisotopic (exact) mass is 325 g/mol. The third kappa shape index (κ3) is 4.60. The Bertz CT molecular complexity index is 710. The number of amides is 1. The van der Waals surface area contributed by atoms with E-state index in [1.165, 1.54) is 5.56 Å². The Morgan fingerprint density at radius 2 is 1.67 bits per heavy atom. The minimum Gasteiger partial charge on any atom is -0.410 e. The van der Waals surface area contributed by atoms with Crippen LogP contribution in [0.15, 0.2) is 42.5 Å². The van der Waals surface area contributed by atoms with Gasteiger partial charge in [0.2, 0.25) is 0 Å². The summed E-state index contributed by atoms with van der Waals surface area (Å²) in [7, 11) is 0. The third-order valence-corrected chi connectivity index (χ3v) is 3.99. The molecule has 2 rings (SSSR count). The van der Waals surface area contributed by atoms with Gasteiger partial charge in [0, 0.05) is 5.69 Å². The van der Waals surface area contributed by atoms with E-state index >= 15 is 0 Å². The van der Waals surface area contributed by atoms with Crippen molar-refractivity contribution in [2.45, 2.75) is 52.9 Å². The molecule has 0 aliphatic rings. The summed E-state index contributed by atoms with van der Waals surface area (Å²) in [6.45, 7) is 12.6. The molecule has 2 aromatic rings. The summed E-state index contributed by atoms with van der Waals surface area (Å²) in [6.07, 6.45) is -0.467. The van der Waals surface area contributed by atoms with E-state index in [4.69, 9.17) is 4.74 Å². The number of ether oxygens (including phenoxy) is 1. The number of carbonyl (C=O) groups is 1. The highest BCUT2D eigenvalue weighted by atomic mass is 16.6. The number of carbonyl (C=O) groups excluding carboxylic acids is 1. The van der Waals surface area contributed by atoms with Crippen LogP contribution in [-0.2, 0) is 5.41 Å². The molecule has 24 heavy (non-hydrogen) atoms. The molecule has 0 fully saturated rings. The van der Waals surface area contributed by atoms with Crippen molar-refractivity contribution in [3.63, 3.8) is 0 Å². The van der Waals surface area contributed by atoms with E-state index in [2.05, 4.69) is 39.9 Å². The van der Waals surface area contributed by atoms with Gasteiger partial charge in [0.05, 0.1) is 0 Å². The molecular formula is C21H27NO2. The lowest BCUT2D eigenvalue weighted by Gasteiger charge is -2.19. The predicted molar refractivity (Wildman–Crippen MR) is 100 cm³/mol. The zero-order valence-electron chi connectivity index (χ0n) is 15.4. The topological polar surface area (TPSA) is 38.3 Å². The Morgan fingerprint density at radius 3 is 2.21 bits per heavy atom. The number of hydrogen-bond acceptors (Lipinski definition) is 2. The minimum atomic E-state index is -0.467. The molecule has 0 aliphatic heterocycles. The number of nitrogens with one attached hydrogen (secondary N) is 1. The van der Waals surface area contributed by atoms with Crippen molar-refractivity contribution < 1.29 is 9.53 Å². The summed E-state index contributed by atoms with van der Waals surface area (Å²) in [6, 6.07) is 13.8. The third-order valence-electron chi connectivity index (χ3n) is 3.99. The number of anilines is 1. The lowest BCUT2D eigenvalue weighted by molar-refractivity contribution is 0.214. The molecule has 0 aromatic heterocycles. The van der Waals surface area contributed by atoms with Crippen LogP contribution in [0.5, 0.6) is 5.75 Å². The van der Waals surface area contributed by atoms with E-state index in [1.807, 2.05) is 49.4 Å². The van der Waals surface area contributed by atoms with Gasteiger partial charge in [0.25, 0.3) is 0 Å². The van der Waals surface area contributed by atoms with E-state index in [-0.39, 0.29) is 5.41 Å². The molecule has 0 unspecified atom stereocenters. The van der Waals surface area contributed by atoms with Crippen LogP contribution >= 0.6 is 0 Å². The van der Waals surface area contributed by atoms with Crippen molar-refractivity contribution in [2.75, 3.05) is 5.32 Å². The Labute approximate surface area is 145 Å².